The number of carbonyl (C=O) groups is 1. The number of nitrogens with one attached hydrogen (secondary N) is 2. The van der Waals surface area contributed by atoms with Gasteiger partial charge in [-0.1, -0.05) is 6.42 Å². The minimum absolute atomic E-state index is 0.187. The Balaban J connectivity index is 1.35. The number of guanidine groups is 1. The number of likely N-dealkylation sites (tertiary alicyclic amines) is 2. The molecule has 1 aliphatic carbocycles. The SMILES string of the molecule is CCNC(=NCC1(N2CCCCC2)CCN(C)CC1)N1CCN(CC(=O)NC2CC2)CC1. The topological polar surface area (TPSA) is 66.5 Å². The predicted molar refractivity (Wildman–Crippen MR) is 130 cm³/mol. The van der Waals surface area contributed by atoms with E-state index in [-0.39, 0.29) is 11.4 Å². The zero-order chi connectivity index (χ0) is 22.4. The second kappa shape index (κ2) is 11.2. The van der Waals surface area contributed by atoms with Crippen molar-refractivity contribution in [1.29, 1.82) is 0 Å². The van der Waals surface area contributed by atoms with E-state index in [1.54, 1.807) is 0 Å². The van der Waals surface area contributed by atoms with Crippen molar-refractivity contribution in [2.75, 3.05) is 79.0 Å². The molecule has 1 saturated carbocycles. The highest BCUT2D eigenvalue weighted by Gasteiger charge is 2.39. The second-order valence-corrected chi connectivity index (χ2v) is 10.4. The van der Waals surface area contributed by atoms with Gasteiger partial charge in [0.1, 0.15) is 0 Å². The van der Waals surface area contributed by atoms with Crippen molar-refractivity contribution in [1.82, 2.24) is 30.2 Å². The Hall–Kier alpha value is -1.38. The van der Waals surface area contributed by atoms with Gasteiger partial charge in [-0.2, -0.15) is 0 Å². The van der Waals surface area contributed by atoms with Crippen LogP contribution in [0.2, 0.25) is 0 Å². The number of hydrogen-bond donors (Lipinski definition) is 2. The summed E-state index contributed by atoms with van der Waals surface area (Å²) in [4.78, 5) is 27.3. The molecular weight excluding hydrogens is 402 g/mol. The molecule has 8 heteroatoms. The van der Waals surface area contributed by atoms with Crippen molar-refractivity contribution in [3.63, 3.8) is 0 Å². The van der Waals surface area contributed by atoms with Gasteiger partial charge < -0.3 is 20.4 Å². The monoisotopic (exact) mass is 447 g/mol. The van der Waals surface area contributed by atoms with Crippen LogP contribution >= 0.6 is 0 Å². The molecule has 0 atom stereocenters. The highest BCUT2D eigenvalue weighted by atomic mass is 16.2. The molecule has 3 heterocycles. The van der Waals surface area contributed by atoms with Crippen molar-refractivity contribution >= 4 is 11.9 Å². The van der Waals surface area contributed by atoms with Gasteiger partial charge in [-0.3, -0.25) is 19.6 Å². The molecule has 0 spiro atoms. The number of nitrogens with zero attached hydrogens (tertiary/aromatic N) is 5. The van der Waals surface area contributed by atoms with Crippen LogP contribution in [0, 0.1) is 0 Å². The number of piperidine rings is 2. The molecule has 8 nitrogen and oxygen atoms in total. The van der Waals surface area contributed by atoms with Gasteiger partial charge in [0, 0.05) is 44.3 Å². The van der Waals surface area contributed by atoms with Crippen LogP contribution in [0.5, 0.6) is 0 Å². The Labute approximate surface area is 194 Å². The smallest absolute Gasteiger partial charge is 0.234 e. The number of carbonyl (C=O) groups excluding carboxylic acids is 1. The van der Waals surface area contributed by atoms with E-state index in [0.29, 0.717) is 12.6 Å². The van der Waals surface area contributed by atoms with Crippen LogP contribution < -0.4 is 10.6 Å². The van der Waals surface area contributed by atoms with Gasteiger partial charge in [0.15, 0.2) is 5.96 Å². The molecule has 0 radical (unpaired) electrons. The Bertz CT molecular complexity index is 628. The lowest BCUT2D eigenvalue weighted by Gasteiger charge is -2.49. The van der Waals surface area contributed by atoms with E-state index in [4.69, 9.17) is 4.99 Å². The number of aliphatic imine (C=N–C) groups is 1. The summed E-state index contributed by atoms with van der Waals surface area (Å²) in [5.41, 5.74) is 0.219. The van der Waals surface area contributed by atoms with E-state index >= 15 is 0 Å². The summed E-state index contributed by atoms with van der Waals surface area (Å²) < 4.78 is 0. The molecule has 0 aromatic rings. The van der Waals surface area contributed by atoms with Gasteiger partial charge in [-0.25, -0.2) is 0 Å². The van der Waals surface area contributed by atoms with E-state index in [2.05, 4.69) is 44.2 Å². The van der Waals surface area contributed by atoms with E-state index in [0.717, 1.165) is 58.1 Å². The van der Waals surface area contributed by atoms with E-state index < -0.39 is 0 Å². The average molecular weight is 448 g/mol. The Morgan fingerprint density at radius 3 is 2.28 bits per heavy atom. The van der Waals surface area contributed by atoms with E-state index in [1.807, 2.05) is 0 Å². The fraction of sp³-hybridized carbons (Fsp3) is 0.917. The van der Waals surface area contributed by atoms with Gasteiger partial charge in [0.2, 0.25) is 5.91 Å². The summed E-state index contributed by atoms with van der Waals surface area (Å²) >= 11 is 0. The summed E-state index contributed by atoms with van der Waals surface area (Å²) in [5.74, 6) is 1.25. The van der Waals surface area contributed by atoms with Gasteiger partial charge >= 0.3 is 0 Å². The van der Waals surface area contributed by atoms with Crippen LogP contribution in [-0.4, -0.2) is 122 Å². The van der Waals surface area contributed by atoms with Crippen molar-refractivity contribution in [2.24, 2.45) is 4.99 Å². The predicted octanol–water partition coefficient (Wildman–Crippen LogP) is 0.798. The second-order valence-electron chi connectivity index (χ2n) is 10.4. The summed E-state index contributed by atoms with van der Waals surface area (Å²) in [5, 5.41) is 6.67. The summed E-state index contributed by atoms with van der Waals surface area (Å²) in [7, 11) is 2.25. The molecule has 2 N–H and O–H groups in total. The zero-order valence-electron chi connectivity index (χ0n) is 20.4. The third-order valence-electron chi connectivity index (χ3n) is 7.78. The first kappa shape index (κ1) is 23.8. The minimum atomic E-state index is 0.187. The maximum Gasteiger partial charge on any atom is 0.234 e. The van der Waals surface area contributed by atoms with E-state index in [1.165, 1.54) is 58.3 Å². The Morgan fingerprint density at radius 1 is 0.969 bits per heavy atom. The van der Waals surface area contributed by atoms with Gasteiger partial charge in [0.05, 0.1) is 13.1 Å². The number of hydrogen-bond acceptors (Lipinski definition) is 5. The van der Waals surface area contributed by atoms with Crippen LogP contribution in [0.15, 0.2) is 4.99 Å². The molecule has 32 heavy (non-hydrogen) atoms. The average Bonchev–Trinajstić information content (AvgIpc) is 3.63. The van der Waals surface area contributed by atoms with Crippen LogP contribution in [0.4, 0.5) is 0 Å². The fourth-order valence-corrected chi connectivity index (χ4v) is 5.45. The Morgan fingerprint density at radius 2 is 1.66 bits per heavy atom. The van der Waals surface area contributed by atoms with Gasteiger partial charge in [-0.05, 0) is 78.7 Å². The number of piperazine rings is 1. The third-order valence-corrected chi connectivity index (χ3v) is 7.78. The summed E-state index contributed by atoms with van der Waals surface area (Å²) in [6, 6.07) is 0.447. The first-order valence-corrected chi connectivity index (χ1v) is 13.1. The molecule has 3 aliphatic heterocycles. The standard InChI is InChI=1S/C24H45N7O/c1-3-25-23(30-17-15-29(16-18-30)19-22(32)27-21-7-8-21)26-20-24(9-13-28(2)14-10-24)31-11-5-4-6-12-31/h21H,3-20H2,1-2H3,(H,25,26)(H,27,32). The van der Waals surface area contributed by atoms with E-state index in [9.17, 15) is 4.79 Å². The quantitative estimate of drug-likeness (QED) is 0.445. The molecule has 3 saturated heterocycles. The minimum Gasteiger partial charge on any atom is -0.357 e. The fourth-order valence-electron chi connectivity index (χ4n) is 5.45. The summed E-state index contributed by atoms with van der Waals surface area (Å²) in [6.07, 6.45) is 8.78. The lowest BCUT2D eigenvalue weighted by atomic mass is 9.84. The maximum absolute atomic E-state index is 12.2. The lowest BCUT2D eigenvalue weighted by Crippen LogP contribution is -2.59. The van der Waals surface area contributed by atoms with Crippen LogP contribution in [0.25, 0.3) is 0 Å². The van der Waals surface area contributed by atoms with Crippen LogP contribution in [-0.2, 0) is 4.79 Å². The molecular formula is C24H45N7O. The van der Waals surface area contributed by atoms with Gasteiger partial charge in [-0.15, -0.1) is 0 Å². The first-order chi connectivity index (χ1) is 15.6. The molecule has 182 valence electrons. The molecule has 0 unspecified atom stereocenters. The van der Waals surface area contributed by atoms with Crippen LogP contribution in [0.3, 0.4) is 0 Å². The maximum atomic E-state index is 12.2. The highest BCUT2D eigenvalue weighted by Crippen LogP contribution is 2.32. The third kappa shape index (κ3) is 6.35. The first-order valence-electron chi connectivity index (χ1n) is 13.1. The molecule has 0 bridgehead atoms. The molecule has 4 fully saturated rings. The number of rotatable bonds is 7. The molecule has 1 amide bonds. The highest BCUT2D eigenvalue weighted by molar-refractivity contribution is 5.80. The largest absolute Gasteiger partial charge is 0.357 e. The normalized spacial score (nSPS) is 26.2. The lowest BCUT2D eigenvalue weighted by molar-refractivity contribution is -0.122. The Kier molecular flexibility index (Phi) is 8.29. The summed E-state index contributed by atoms with van der Waals surface area (Å²) in [6.45, 7) is 13.0. The molecule has 4 rings (SSSR count). The van der Waals surface area contributed by atoms with Crippen molar-refractivity contribution < 1.29 is 4.79 Å². The molecule has 0 aromatic carbocycles. The van der Waals surface area contributed by atoms with Crippen molar-refractivity contribution in [2.45, 2.75) is 63.5 Å². The van der Waals surface area contributed by atoms with Crippen molar-refractivity contribution in [3.8, 4) is 0 Å². The van der Waals surface area contributed by atoms with Crippen LogP contribution in [0.1, 0.15) is 51.9 Å². The van der Waals surface area contributed by atoms with Crippen molar-refractivity contribution in [3.05, 3.63) is 0 Å². The molecule has 4 aliphatic rings. The van der Waals surface area contributed by atoms with Gasteiger partial charge in [0.25, 0.3) is 0 Å². The number of amides is 1. The molecule has 0 aromatic heterocycles. The zero-order valence-corrected chi connectivity index (χ0v) is 20.4.